The van der Waals surface area contributed by atoms with Crippen molar-refractivity contribution in [3.05, 3.63) is 35.9 Å². The molecule has 9 heteroatoms. The predicted octanol–water partition coefficient (Wildman–Crippen LogP) is 2.32. The first-order valence-corrected chi connectivity index (χ1v) is 11.0. The first-order valence-electron chi connectivity index (χ1n) is 9.85. The van der Waals surface area contributed by atoms with Gasteiger partial charge in [-0.15, -0.1) is 11.8 Å². The number of Topliss-reactive ketones (excluding diaryl/α,β-unsaturated/α-hetero) is 1. The number of aliphatic carboxylic acids is 1. The van der Waals surface area contributed by atoms with Crippen LogP contribution < -0.4 is 5.32 Å². The van der Waals surface area contributed by atoms with Gasteiger partial charge in [0.2, 0.25) is 5.91 Å². The van der Waals surface area contributed by atoms with Crippen LogP contribution in [0.5, 0.6) is 0 Å². The Bertz CT molecular complexity index is 755. The molecule has 0 aliphatic carbocycles. The van der Waals surface area contributed by atoms with Crippen LogP contribution in [0.4, 0.5) is 4.79 Å². The number of nitrogens with one attached hydrogen (secondary N) is 1. The van der Waals surface area contributed by atoms with Gasteiger partial charge >= 0.3 is 12.1 Å². The second kappa shape index (κ2) is 11.6. The number of ether oxygens (including phenoxy) is 1. The number of ketones is 1. The van der Waals surface area contributed by atoms with E-state index in [1.54, 1.807) is 0 Å². The number of thioether (sulfide) groups is 1. The molecule has 2 N–H and O–H groups in total. The zero-order valence-electron chi connectivity index (χ0n) is 17.2. The highest BCUT2D eigenvalue weighted by atomic mass is 32.2. The van der Waals surface area contributed by atoms with E-state index in [9.17, 15) is 19.2 Å². The van der Waals surface area contributed by atoms with Crippen molar-refractivity contribution in [1.29, 1.82) is 0 Å². The maximum atomic E-state index is 12.8. The van der Waals surface area contributed by atoms with Crippen LogP contribution in [0.3, 0.4) is 0 Å². The number of hydrogen-bond acceptors (Lipinski definition) is 6. The molecule has 2 atom stereocenters. The highest BCUT2D eigenvalue weighted by Crippen LogP contribution is 2.18. The molecule has 2 amide bonds. The molecule has 1 aromatic rings. The Morgan fingerprint density at radius 3 is 2.60 bits per heavy atom. The summed E-state index contributed by atoms with van der Waals surface area (Å²) < 4.78 is 5.29. The normalized spacial score (nSPS) is 17.1. The van der Waals surface area contributed by atoms with E-state index in [1.165, 1.54) is 11.8 Å². The molecule has 0 saturated carbocycles. The van der Waals surface area contributed by atoms with Gasteiger partial charge < -0.3 is 15.2 Å². The Hall–Kier alpha value is -2.55. The average molecular weight is 437 g/mol. The van der Waals surface area contributed by atoms with Crippen molar-refractivity contribution in [1.82, 2.24) is 10.2 Å². The lowest BCUT2D eigenvalue weighted by Gasteiger charge is -2.26. The fourth-order valence-electron chi connectivity index (χ4n) is 3.24. The van der Waals surface area contributed by atoms with Gasteiger partial charge in [-0.25, -0.2) is 4.79 Å². The molecule has 8 nitrogen and oxygen atoms in total. The molecule has 0 bridgehead atoms. The van der Waals surface area contributed by atoms with E-state index < -0.39 is 24.0 Å². The summed E-state index contributed by atoms with van der Waals surface area (Å²) in [5, 5.41) is 11.7. The van der Waals surface area contributed by atoms with Crippen molar-refractivity contribution in [2.24, 2.45) is 5.92 Å². The number of amides is 2. The lowest BCUT2D eigenvalue weighted by molar-refractivity contribution is -0.134. The summed E-state index contributed by atoms with van der Waals surface area (Å²) in [5.74, 6) is -0.854. The minimum atomic E-state index is -0.917. The molecule has 0 unspecified atom stereocenters. The molecule has 164 valence electrons. The zero-order valence-corrected chi connectivity index (χ0v) is 18.0. The van der Waals surface area contributed by atoms with Crippen LogP contribution in [0, 0.1) is 5.92 Å². The minimum Gasteiger partial charge on any atom is -0.481 e. The molecule has 0 spiro atoms. The fraction of sp³-hybridized carbons (Fsp3) is 0.524. The highest BCUT2D eigenvalue weighted by molar-refractivity contribution is 7.99. The summed E-state index contributed by atoms with van der Waals surface area (Å²) in [4.78, 5) is 49.2. The minimum absolute atomic E-state index is 0.0513. The van der Waals surface area contributed by atoms with Crippen molar-refractivity contribution in [3.63, 3.8) is 0 Å². The lowest BCUT2D eigenvalue weighted by atomic mass is 10.0. The van der Waals surface area contributed by atoms with Crippen LogP contribution in [0.15, 0.2) is 30.3 Å². The molecule has 1 saturated heterocycles. The first kappa shape index (κ1) is 23.7. The maximum Gasteiger partial charge on any atom is 0.411 e. The average Bonchev–Trinajstić information content (AvgIpc) is 3.08. The summed E-state index contributed by atoms with van der Waals surface area (Å²) >= 11 is 1.22. The molecule has 1 aromatic carbocycles. The topological polar surface area (TPSA) is 113 Å². The van der Waals surface area contributed by atoms with E-state index in [1.807, 2.05) is 44.2 Å². The summed E-state index contributed by atoms with van der Waals surface area (Å²) in [6.45, 7) is 3.91. The molecule has 1 aliphatic rings. The van der Waals surface area contributed by atoms with E-state index in [-0.39, 0.29) is 43.1 Å². The van der Waals surface area contributed by atoms with Gasteiger partial charge in [0, 0.05) is 18.2 Å². The Morgan fingerprint density at radius 2 is 1.97 bits per heavy atom. The molecule has 30 heavy (non-hydrogen) atoms. The molecule has 0 radical (unpaired) electrons. The van der Waals surface area contributed by atoms with Crippen LogP contribution in [0.25, 0.3) is 0 Å². The second-order valence-corrected chi connectivity index (χ2v) is 8.70. The smallest absolute Gasteiger partial charge is 0.411 e. The van der Waals surface area contributed by atoms with Gasteiger partial charge in [0.05, 0.1) is 12.3 Å². The second-order valence-electron chi connectivity index (χ2n) is 7.67. The molecule has 1 fully saturated rings. The van der Waals surface area contributed by atoms with Gasteiger partial charge in [0.25, 0.3) is 0 Å². The largest absolute Gasteiger partial charge is 0.481 e. The number of carboxylic acids is 1. The number of carbonyl (C=O) groups is 4. The van der Waals surface area contributed by atoms with E-state index >= 15 is 0 Å². The molecule has 1 heterocycles. The Balaban J connectivity index is 1.96. The zero-order chi connectivity index (χ0) is 22.1. The monoisotopic (exact) mass is 436 g/mol. The number of rotatable bonds is 10. The van der Waals surface area contributed by atoms with Crippen molar-refractivity contribution >= 4 is 35.5 Å². The third kappa shape index (κ3) is 7.70. The van der Waals surface area contributed by atoms with Gasteiger partial charge in [-0.05, 0) is 17.9 Å². The van der Waals surface area contributed by atoms with E-state index in [0.29, 0.717) is 12.2 Å². The third-order valence-electron chi connectivity index (χ3n) is 4.53. The van der Waals surface area contributed by atoms with Crippen LogP contribution >= 0.6 is 11.8 Å². The van der Waals surface area contributed by atoms with E-state index in [2.05, 4.69) is 5.32 Å². The summed E-state index contributed by atoms with van der Waals surface area (Å²) in [6.07, 6.45) is -0.0917. The third-order valence-corrected chi connectivity index (χ3v) is 5.62. The van der Waals surface area contributed by atoms with E-state index in [0.717, 1.165) is 10.5 Å². The summed E-state index contributed by atoms with van der Waals surface area (Å²) in [6, 6.07) is 7.98. The van der Waals surface area contributed by atoms with E-state index in [4.69, 9.17) is 9.84 Å². The maximum absolute atomic E-state index is 12.8. The summed E-state index contributed by atoms with van der Waals surface area (Å²) in [7, 11) is 0. The van der Waals surface area contributed by atoms with Crippen LogP contribution in [0.2, 0.25) is 0 Å². The van der Waals surface area contributed by atoms with Crippen molar-refractivity contribution in [2.75, 3.05) is 18.1 Å². The molecular formula is C21H28N2O6S. The van der Waals surface area contributed by atoms with Gasteiger partial charge in [-0.1, -0.05) is 44.2 Å². The fourth-order valence-corrected chi connectivity index (χ4v) is 4.04. The molecule has 1 aliphatic heterocycles. The number of carbonyl (C=O) groups excluding carboxylic acids is 3. The Labute approximate surface area is 180 Å². The van der Waals surface area contributed by atoms with Gasteiger partial charge in [0.15, 0.2) is 5.78 Å². The quantitative estimate of drug-likeness (QED) is 0.579. The number of benzene rings is 1. The standard InChI is InChI=1S/C21H28N2O6S/c1-14(2)8-16(12-30-13-19(25)26)22-20(27)18-9-17(24)10-23(18)21(28)29-11-15-6-4-3-5-7-15/h3-7,14,16,18H,8-13H2,1-2H3,(H,22,27)(H,25,26)/t16-,18-/m0/s1. The van der Waals surface area contributed by atoms with Crippen molar-refractivity contribution in [3.8, 4) is 0 Å². The Morgan fingerprint density at radius 1 is 1.27 bits per heavy atom. The highest BCUT2D eigenvalue weighted by Gasteiger charge is 2.40. The summed E-state index contributed by atoms with van der Waals surface area (Å²) in [5.41, 5.74) is 0.810. The predicted molar refractivity (Wildman–Crippen MR) is 113 cm³/mol. The van der Waals surface area contributed by atoms with Crippen LogP contribution in [-0.2, 0) is 25.7 Å². The number of nitrogens with zero attached hydrogens (tertiary/aromatic N) is 1. The number of hydrogen-bond donors (Lipinski definition) is 2. The van der Waals surface area contributed by atoms with Gasteiger partial charge in [-0.3, -0.25) is 19.3 Å². The lowest BCUT2D eigenvalue weighted by Crippen LogP contribution is -2.49. The number of likely N-dealkylation sites (tertiary alicyclic amines) is 1. The number of carboxylic acid groups (broad SMARTS) is 1. The molecule has 2 rings (SSSR count). The van der Waals surface area contributed by atoms with Crippen LogP contribution in [0.1, 0.15) is 32.3 Å². The van der Waals surface area contributed by atoms with Crippen molar-refractivity contribution < 1.29 is 29.0 Å². The molecular weight excluding hydrogens is 408 g/mol. The van der Waals surface area contributed by atoms with Crippen LogP contribution in [-0.4, -0.2) is 63.9 Å². The van der Waals surface area contributed by atoms with Crippen molar-refractivity contribution in [2.45, 2.75) is 45.4 Å². The van der Waals surface area contributed by atoms with Gasteiger partial charge in [0.1, 0.15) is 12.6 Å². The Kier molecular flexibility index (Phi) is 9.16. The SMILES string of the molecule is CC(C)C[C@@H](CSCC(=O)O)NC(=O)[C@@H]1CC(=O)CN1C(=O)OCc1ccccc1. The molecule has 0 aromatic heterocycles. The van der Waals surface area contributed by atoms with Gasteiger partial charge in [-0.2, -0.15) is 0 Å². The first-order chi connectivity index (χ1) is 14.3.